The van der Waals surface area contributed by atoms with E-state index in [0.717, 1.165) is 21.8 Å². The van der Waals surface area contributed by atoms with Gasteiger partial charge < -0.3 is 15.0 Å². The molecule has 1 aliphatic heterocycles. The van der Waals surface area contributed by atoms with Crippen molar-refractivity contribution in [3.8, 4) is 0 Å². The van der Waals surface area contributed by atoms with E-state index in [1.165, 1.54) is 5.39 Å². The fourth-order valence-corrected chi connectivity index (χ4v) is 4.83. The van der Waals surface area contributed by atoms with Crippen molar-refractivity contribution in [1.82, 2.24) is 19.7 Å². The number of rotatable bonds is 7. The molecule has 8 heteroatoms. The van der Waals surface area contributed by atoms with Gasteiger partial charge in [-0.15, -0.1) is 11.3 Å². The lowest BCUT2D eigenvalue weighted by Crippen LogP contribution is -2.33. The number of aryl methyl sites for hydroxylation is 1. The second-order valence-corrected chi connectivity index (χ2v) is 8.09. The van der Waals surface area contributed by atoms with E-state index in [-0.39, 0.29) is 17.9 Å². The number of nitrogens with one attached hydrogen (secondary N) is 1. The number of nitrogens with zero attached hydrogens (tertiary/aromatic N) is 4. The number of thiophene rings is 1. The van der Waals surface area contributed by atoms with Crippen LogP contribution in [-0.4, -0.2) is 52.4 Å². The minimum atomic E-state index is -0.00797. The summed E-state index contributed by atoms with van der Waals surface area (Å²) in [7, 11) is 3.60. The van der Waals surface area contributed by atoms with Crippen molar-refractivity contribution in [1.29, 1.82) is 0 Å². The van der Waals surface area contributed by atoms with Gasteiger partial charge in [-0.3, -0.25) is 9.48 Å². The summed E-state index contributed by atoms with van der Waals surface area (Å²) in [6.07, 6.45) is 4.23. The third-order valence-corrected chi connectivity index (χ3v) is 6.50. The minimum absolute atomic E-state index is 0.00797. The maximum Gasteiger partial charge on any atom is 0.223 e. The molecule has 0 radical (unpaired) electrons. The molecule has 0 aromatic carbocycles. The number of carbonyl (C=O) groups excluding carboxylic acids is 1. The zero-order valence-corrected chi connectivity index (χ0v) is 17.2. The molecule has 4 heterocycles. The average Bonchev–Trinajstić information content (AvgIpc) is 3.37. The van der Waals surface area contributed by atoms with Gasteiger partial charge in [0.25, 0.3) is 0 Å². The highest BCUT2D eigenvalue weighted by Crippen LogP contribution is 2.39. The predicted octanol–water partition coefficient (Wildman–Crippen LogP) is 2.99. The first-order valence-corrected chi connectivity index (χ1v) is 10.3. The van der Waals surface area contributed by atoms with Crippen molar-refractivity contribution in [2.45, 2.75) is 19.4 Å². The van der Waals surface area contributed by atoms with Crippen LogP contribution in [0, 0.1) is 12.8 Å². The molecule has 7 nitrogen and oxygen atoms in total. The van der Waals surface area contributed by atoms with Gasteiger partial charge in [0.2, 0.25) is 5.91 Å². The predicted molar refractivity (Wildman–Crippen MR) is 110 cm³/mol. The number of fused-ring (bicyclic) bond motifs is 1. The average molecular weight is 400 g/mol. The Morgan fingerprint density at radius 1 is 1.39 bits per heavy atom. The van der Waals surface area contributed by atoms with Crippen LogP contribution in [-0.2, 0) is 16.6 Å². The molecular weight excluding hydrogens is 374 g/mol. The molecule has 0 spiro atoms. The zero-order chi connectivity index (χ0) is 19.7. The number of pyridine rings is 1. The summed E-state index contributed by atoms with van der Waals surface area (Å²) in [4.78, 5) is 19.2. The molecule has 4 rings (SSSR count). The zero-order valence-electron chi connectivity index (χ0n) is 16.4. The van der Waals surface area contributed by atoms with Gasteiger partial charge in [-0.2, -0.15) is 5.10 Å². The van der Waals surface area contributed by atoms with Gasteiger partial charge in [0, 0.05) is 57.0 Å². The highest BCUT2D eigenvalue weighted by molar-refractivity contribution is 7.17. The number of ether oxygens (including phenoxy) is 1. The van der Waals surface area contributed by atoms with Gasteiger partial charge in [0.05, 0.1) is 23.5 Å². The number of carbonyl (C=O) groups is 1. The number of aromatic nitrogens is 3. The van der Waals surface area contributed by atoms with Gasteiger partial charge in [0.1, 0.15) is 5.82 Å². The molecule has 28 heavy (non-hydrogen) atoms. The Hall–Kier alpha value is -2.45. The van der Waals surface area contributed by atoms with Crippen LogP contribution in [0.2, 0.25) is 0 Å². The van der Waals surface area contributed by atoms with E-state index >= 15 is 0 Å². The van der Waals surface area contributed by atoms with Crippen LogP contribution in [0.3, 0.4) is 0 Å². The largest absolute Gasteiger partial charge is 0.383 e. The topological polar surface area (TPSA) is 72.3 Å². The number of hydrogen-bond donors (Lipinski definition) is 1. The maximum atomic E-state index is 12.8. The quantitative estimate of drug-likeness (QED) is 0.661. The second-order valence-electron chi connectivity index (χ2n) is 7.18. The van der Waals surface area contributed by atoms with Crippen molar-refractivity contribution in [3.63, 3.8) is 0 Å². The highest BCUT2D eigenvalue weighted by Gasteiger charge is 2.41. The van der Waals surface area contributed by atoms with Crippen LogP contribution in [0.25, 0.3) is 10.1 Å². The summed E-state index contributed by atoms with van der Waals surface area (Å²) in [5, 5.41) is 11.2. The molecule has 0 bridgehead atoms. The van der Waals surface area contributed by atoms with Crippen molar-refractivity contribution in [2.75, 3.05) is 32.1 Å². The molecule has 2 atom stereocenters. The van der Waals surface area contributed by atoms with Crippen LogP contribution < -0.4 is 5.32 Å². The van der Waals surface area contributed by atoms with Gasteiger partial charge >= 0.3 is 0 Å². The summed E-state index contributed by atoms with van der Waals surface area (Å²) in [5.41, 5.74) is 2.20. The molecule has 0 saturated carbocycles. The number of anilines is 1. The van der Waals surface area contributed by atoms with Gasteiger partial charge in [-0.25, -0.2) is 4.98 Å². The van der Waals surface area contributed by atoms with Crippen molar-refractivity contribution >= 4 is 33.1 Å². The summed E-state index contributed by atoms with van der Waals surface area (Å²) in [5.74, 6) is 1.20. The summed E-state index contributed by atoms with van der Waals surface area (Å²) >= 11 is 1.68. The molecule has 0 aliphatic carbocycles. The lowest BCUT2D eigenvalue weighted by Gasteiger charge is -2.28. The molecule has 0 unspecified atom stereocenters. The molecule has 1 aliphatic rings. The van der Waals surface area contributed by atoms with Crippen LogP contribution in [0.4, 0.5) is 5.82 Å². The fraction of sp³-hybridized carbons (Fsp3) is 0.450. The molecule has 3 aromatic heterocycles. The van der Waals surface area contributed by atoms with Crippen LogP contribution in [0.15, 0.2) is 29.9 Å². The van der Waals surface area contributed by atoms with Gasteiger partial charge in [-0.05, 0) is 29.8 Å². The summed E-state index contributed by atoms with van der Waals surface area (Å²) < 4.78 is 8.25. The van der Waals surface area contributed by atoms with Crippen LogP contribution >= 0.6 is 11.3 Å². The molecule has 3 aromatic rings. The Balaban J connectivity index is 1.59. The highest BCUT2D eigenvalue weighted by atomic mass is 32.1. The first-order chi connectivity index (χ1) is 13.6. The first kappa shape index (κ1) is 18.9. The first-order valence-electron chi connectivity index (χ1n) is 9.43. The van der Waals surface area contributed by atoms with E-state index in [0.29, 0.717) is 26.1 Å². The number of amides is 1. The van der Waals surface area contributed by atoms with Crippen molar-refractivity contribution < 1.29 is 9.53 Å². The Labute approximate surface area is 168 Å². The smallest absolute Gasteiger partial charge is 0.223 e. The van der Waals surface area contributed by atoms with E-state index in [1.807, 2.05) is 35.1 Å². The minimum Gasteiger partial charge on any atom is -0.383 e. The molecule has 1 fully saturated rings. The Morgan fingerprint density at radius 2 is 2.25 bits per heavy atom. The molecular formula is C20H25N5O2S. The Bertz CT molecular complexity index is 982. The fourth-order valence-electron chi connectivity index (χ4n) is 3.98. The SMILES string of the molecule is COCCN1C(=O)C[C@H](CNc2nccc3ccsc23)[C@H]1c1cnn(C)c1C. The second kappa shape index (κ2) is 7.89. The molecule has 148 valence electrons. The molecule has 1 amide bonds. The van der Waals surface area contributed by atoms with E-state index in [1.54, 1.807) is 18.4 Å². The standard InChI is InChI=1S/C20H25N5O2S/c1-13-16(12-23-24(13)2)18-15(10-17(26)25(18)7-8-27-3)11-22-20-19-14(4-6-21-20)5-9-28-19/h4-6,9,12,15,18H,7-8,10-11H2,1-3H3,(H,21,22)/t15-,18+/m1/s1. The summed E-state index contributed by atoms with van der Waals surface area (Å²) in [6.45, 7) is 3.84. The monoisotopic (exact) mass is 399 g/mol. The van der Waals surface area contributed by atoms with E-state index in [9.17, 15) is 4.79 Å². The van der Waals surface area contributed by atoms with Crippen LogP contribution in [0.1, 0.15) is 23.7 Å². The third-order valence-electron chi connectivity index (χ3n) is 5.57. The molecule has 1 N–H and O–H groups in total. The van der Waals surface area contributed by atoms with E-state index in [2.05, 4.69) is 33.8 Å². The maximum absolute atomic E-state index is 12.8. The third kappa shape index (κ3) is 3.38. The lowest BCUT2D eigenvalue weighted by atomic mass is 9.94. The van der Waals surface area contributed by atoms with Gasteiger partial charge in [-0.1, -0.05) is 0 Å². The number of hydrogen-bond acceptors (Lipinski definition) is 6. The summed E-state index contributed by atoms with van der Waals surface area (Å²) in [6, 6.07) is 4.11. The van der Waals surface area contributed by atoms with E-state index in [4.69, 9.17) is 4.74 Å². The van der Waals surface area contributed by atoms with E-state index < -0.39 is 0 Å². The van der Waals surface area contributed by atoms with Crippen molar-refractivity contribution in [2.24, 2.45) is 13.0 Å². The lowest BCUT2D eigenvalue weighted by molar-refractivity contribution is -0.129. The van der Waals surface area contributed by atoms with Crippen molar-refractivity contribution in [3.05, 3.63) is 41.2 Å². The normalized spacial score (nSPS) is 19.7. The van der Waals surface area contributed by atoms with Gasteiger partial charge in [0.15, 0.2) is 0 Å². The Morgan fingerprint density at radius 3 is 3.00 bits per heavy atom. The Kier molecular flexibility index (Phi) is 5.32. The number of likely N-dealkylation sites (tertiary alicyclic amines) is 1. The van der Waals surface area contributed by atoms with Crippen LogP contribution in [0.5, 0.6) is 0 Å². The molecule has 1 saturated heterocycles. The number of methoxy groups -OCH3 is 1.